The van der Waals surface area contributed by atoms with E-state index in [0.29, 0.717) is 6.54 Å². The standard InChI is InChI=1S/C11H14FNO.CH4/c12-11-7-13-6-5-10(11)8-1-3-9(14)4-2-8;/h1-4,10-11,13-14H,5-7H2;1H4/t10-,11+;/m1./s1. The number of aromatic hydroxyl groups is 1. The lowest BCUT2D eigenvalue weighted by atomic mass is 9.89. The number of halogens is 1. The summed E-state index contributed by atoms with van der Waals surface area (Å²) in [5.41, 5.74) is 0.983. The highest BCUT2D eigenvalue weighted by Crippen LogP contribution is 2.28. The maximum Gasteiger partial charge on any atom is 0.119 e. The van der Waals surface area contributed by atoms with Gasteiger partial charge in [0.1, 0.15) is 11.9 Å². The molecule has 2 nitrogen and oxygen atoms in total. The second-order valence-corrected chi connectivity index (χ2v) is 3.71. The van der Waals surface area contributed by atoms with E-state index in [4.69, 9.17) is 5.11 Å². The highest BCUT2D eigenvalue weighted by Gasteiger charge is 2.25. The molecule has 15 heavy (non-hydrogen) atoms. The first-order valence-corrected chi connectivity index (χ1v) is 4.91. The smallest absolute Gasteiger partial charge is 0.119 e. The second-order valence-electron chi connectivity index (χ2n) is 3.71. The van der Waals surface area contributed by atoms with Gasteiger partial charge in [0, 0.05) is 12.5 Å². The van der Waals surface area contributed by atoms with Crippen molar-refractivity contribution in [1.82, 2.24) is 5.32 Å². The number of rotatable bonds is 1. The van der Waals surface area contributed by atoms with E-state index in [1.165, 1.54) is 0 Å². The number of nitrogens with one attached hydrogen (secondary N) is 1. The van der Waals surface area contributed by atoms with Crippen LogP contribution in [0.25, 0.3) is 0 Å². The fourth-order valence-electron chi connectivity index (χ4n) is 1.92. The summed E-state index contributed by atoms with van der Waals surface area (Å²) >= 11 is 0. The van der Waals surface area contributed by atoms with E-state index in [2.05, 4.69) is 5.32 Å². The van der Waals surface area contributed by atoms with Crippen LogP contribution in [0.5, 0.6) is 5.75 Å². The third-order valence-electron chi connectivity index (χ3n) is 2.73. The third-order valence-corrected chi connectivity index (χ3v) is 2.73. The van der Waals surface area contributed by atoms with Crippen molar-refractivity contribution in [1.29, 1.82) is 0 Å². The van der Waals surface area contributed by atoms with Gasteiger partial charge < -0.3 is 10.4 Å². The Bertz CT molecular complexity index is 299. The fraction of sp³-hybridized carbons (Fsp3) is 0.500. The zero-order chi connectivity index (χ0) is 9.97. The highest BCUT2D eigenvalue weighted by atomic mass is 19.1. The molecule has 2 atom stereocenters. The highest BCUT2D eigenvalue weighted by molar-refractivity contribution is 5.29. The van der Waals surface area contributed by atoms with Crippen LogP contribution in [0.2, 0.25) is 0 Å². The van der Waals surface area contributed by atoms with Gasteiger partial charge in [-0.15, -0.1) is 0 Å². The van der Waals surface area contributed by atoms with E-state index in [1.807, 2.05) is 0 Å². The molecule has 0 bridgehead atoms. The number of phenolic OH excluding ortho intramolecular Hbond substituents is 1. The molecular formula is C12H18FNO. The molecular weight excluding hydrogens is 193 g/mol. The Hall–Kier alpha value is -1.09. The van der Waals surface area contributed by atoms with E-state index in [-0.39, 0.29) is 19.1 Å². The summed E-state index contributed by atoms with van der Waals surface area (Å²) in [5.74, 6) is 0.218. The quantitative estimate of drug-likeness (QED) is 0.747. The predicted molar refractivity (Wildman–Crippen MR) is 60.0 cm³/mol. The molecule has 0 saturated carbocycles. The molecule has 84 valence electrons. The van der Waals surface area contributed by atoms with E-state index < -0.39 is 6.17 Å². The van der Waals surface area contributed by atoms with E-state index in [9.17, 15) is 4.39 Å². The molecule has 0 aliphatic carbocycles. The molecule has 0 aromatic heterocycles. The third kappa shape index (κ3) is 2.69. The van der Waals surface area contributed by atoms with Crippen molar-refractivity contribution in [2.45, 2.75) is 25.9 Å². The van der Waals surface area contributed by atoms with Crippen LogP contribution in [0.3, 0.4) is 0 Å². The normalized spacial score (nSPS) is 25.7. The first-order valence-electron chi connectivity index (χ1n) is 4.91. The van der Waals surface area contributed by atoms with Crippen LogP contribution in [-0.4, -0.2) is 24.4 Å². The van der Waals surface area contributed by atoms with Gasteiger partial charge in [-0.05, 0) is 30.7 Å². The van der Waals surface area contributed by atoms with Gasteiger partial charge >= 0.3 is 0 Å². The van der Waals surface area contributed by atoms with Gasteiger partial charge in [0.25, 0.3) is 0 Å². The van der Waals surface area contributed by atoms with Crippen molar-refractivity contribution in [2.24, 2.45) is 0 Å². The summed E-state index contributed by atoms with van der Waals surface area (Å²) in [6.07, 6.45) is 0.0136. The number of phenols is 1. The molecule has 3 heteroatoms. The summed E-state index contributed by atoms with van der Waals surface area (Å²) in [5, 5.41) is 12.1. The van der Waals surface area contributed by atoms with Gasteiger partial charge in [0.05, 0.1) is 0 Å². The van der Waals surface area contributed by atoms with Crippen molar-refractivity contribution < 1.29 is 9.50 Å². The number of hydrogen-bond acceptors (Lipinski definition) is 2. The van der Waals surface area contributed by atoms with Gasteiger partial charge in [-0.2, -0.15) is 0 Å². The first kappa shape index (κ1) is 12.0. The van der Waals surface area contributed by atoms with Crippen molar-refractivity contribution >= 4 is 0 Å². The maximum absolute atomic E-state index is 13.5. The van der Waals surface area contributed by atoms with Gasteiger partial charge in [-0.1, -0.05) is 19.6 Å². The first-order chi connectivity index (χ1) is 6.77. The molecule has 0 amide bonds. The van der Waals surface area contributed by atoms with Gasteiger partial charge in [0.15, 0.2) is 0 Å². The Labute approximate surface area is 90.1 Å². The minimum Gasteiger partial charge on any atom is -0.508 e. The van der Waals surface area contributed by atoms with Gasteiger partial charge in [-0.3, -0.25) is 0 Å². The molecule has 1 aromatic rings. The average molecular weight is 211 g/mol. The number of benzene rings is 1. The van der Waals surface area contributed by atoms with E-state index in [0.717, 1.165) is 18.5 Å². The summed E-state index contributed by atoms with van der Waals surface area (Å²) in [4.78, 5) is 0. The minimum atomic E-state index is -0.812. The van der Waals surface area contributed by atoms with Crippen molar-refractivity contribution in [3.05, 3.63) is 29.8 Å². The Kier molecular flexibility index (Phi) is 4.09. The van der Waals surface area contributed by atoms with Crippen molar-refractivity contribution in [2.75, 3.05) is 13.1 Å². The summed E-state index contributed by atoms with van der Waals surface area (Å²) in [6.45, 7) is 1.30. The van der Waals surface area contributed by atoms with Crippen LogP contribution in [0.15, 0.2) is 24.3 Å². The van der Waals surface area contributed by atoms with Crippen molar-refractivity contribution in [3.63, 3.8) is 0 Å². The summed E-state index contributed by atoms with van der Waals surface area (Å²) in [6, 6.07) is 6.84. The largest absolute Gasteiger partial charge is 0.508 e. The molecule has 2 N–H and O–H groups in total. The molecule has 1 fully saturated rings. The lowest BCUT2D eigenvalue weighted by Gasteiger charge is -2.26. The van der Waals surface area contributed by atoms with Crippen LogP contribution in [0.1, 0.15) is 25.3 Å². The maximum atomic E-state index is 13.5. The van der Waals surface area contributed by atoms with Gasteiger partial charge in [0.2, 0.25) is 0 Å². The number of hydrogen-bond donors (Lipinski definition) is 2. The van der Waals surface area contributed by atoms with Crippen LogP contribution >= 0.6 is 0 Å². The Morgan fingerprint density at radius 3 is 2.53 bits per heavy atom. The minimum absolute atomic E-state index is 0. The topological polar surface area (TPSA) is 32.3 Å². The van der Waals surface area contributed by atoms with Crippen molar-refractivity contribution in [3.8, 4) is 5.75 Å². The lowest BCUT2D eigenvalue weighted by molar-refractivity contribution is 0.231. The second kappa shape index (κ2) is 5.12. The number of piperidine rings is 1. The van der Waals surface area contributed by atoms with E-state index in [1.54, 1.807) is 24.3 Å². The summed E-state index contributed by atoms with van der Waals surface area (Å²) in [7, 11) is 0. The molecule has 0 spiro atoms. The monoisotopic (exact) mass is 211 g/mol. The molecule has 1 saturated heterocycles. The van der Waals surface area contributed by atoms with Gasteiger partial charge in [-0.25, -0.2) is 4.39 Å². The Balaban J connectivity index is 0.00000112. The molecule has 2 rings (SSSR count). The summed E-state index contributed by atoms with van der Waals surface area (Å²) < 4.78 is 13.5. The van der Waals surface area contributed by atoms with Crippen LogP contribution in [0, 0.1) is 0 Å². The fourth-order valence-corrected chi connectivity index (χ4v) is 1.92. The molecule has 1 heterocycles. The predicted octanol–water partition coefficient (Wildman–Crippen LogP) is 2.44. The number of alkyl halides is 1. The average Bonchev–Trinajstić information content (AvgIpc) is 2.20. The van der Waals surface area contributed by atoms with Crippen LogP contribution in [-0.2, 0) is 0 Å². The molecule has 0 unspecified atom stereocenters. The molecule has 1 aliphatic rings. The van der Waals surface area contributed by atoms with E-state index >= 15 is 0 Å². The molecule has 1 aromatic carbocycles. The SMILES string of the molecule is C.Oc1ccc([C@H]2CCNC[C@@H]2F)cc1. The Morgan fingerprint density at radius 1 is 1.27 bits per heavy atom. The van der Waals surface area contributed by atoms with Crippen LogP contribution in [0.4, 0.5) is 4.39 Å². The zero-order valence-electron chi connectivity index (χ0n) is 7.91. The molecule has 1 aliphatic heterocycles. The molecule has 0 radical (unpaired) electrons. The Morgan fingerprint density at radius 2 is 1.93 bits per heavy atom. The van der Waals surface area contributed by atoms with Crippen LogP contribution < -0.4 is 5.32 Å². The zero-order valence-corrected chi connectivity index (χ0v) is 7.91. The lowest BCUT2D eigenvalue weighted by Crippen LogP contribution is -2.36.